The summed E-state index contributed by atoms with van der Waals surface area (Å²) in [7, 11) is -3.78. The van der Waals surface area contributed by atoms with Crippen LogP contribution in [0.15, 0.2) is 87.0 Å². The van der Waals surface area contributed by atoms with Gasteiger partial charge >= 0.3 is 11.2 Å². The van der Waals surface area contributed by atoms with Crippen molar-refractivity contribution in [2.75, 3.05) is 17.7 Å². The smallest absolute Gasteiger partial charge is 0.335 e. The van der Waals surface area contributed by atoms with E-state index in [-0.39, 0.29) is 24.9 Å². The van der Waals surface area contributed by atoms with Crippen LogP contribution in [0.25, 0.3) is 22.9 Å². The fourth-order valence-electron chi connectivity index (χ4n) is 3.42. The molecule has 0 saturated heterocycles. The van der Waals surface area contributed by atoms with Gasteiger partial charge in [-0.3, -0.25) is 4.98 Å². The van der Waals surface area contributed by atoms with Crippen LogP contribution in [0, 0.1) is 6.92 Å². The molecule has 0 saturated carbocycles. The van der Waals surface area contributed by atoms with E-state index < -0.39 is 15.1 Å². The van der Waals surface area contributed by atoms with Crippen LogP contribution in [0.4, 0.5) is 6.01 Å². The van der Waals surface area contributed by atoms with Gasteiger partial charge in [-0.1, -0.05) is 46.1 Å². The minimum Gasteiger partial charge on any atom is -0.408 e. The molecule has 3 heterocycles. The topological polar surface area (TPSA) is 146 Å². The zero-order valence-corrected chi connectivity index (χ0v) is 21.3. The molecule has 0 spiro atoms. The van der Waals surface area contributed by atoms with Gasteiger partial charge in [0.25, 0.3) is 0 Å². The van der Waals surface area contributed by atoms with Crippen LogP contribution in [0.3, 0.4) is 0 Å². The lowest BCUT2D eigenvalue weighted by atomic mass is 10.1. The Morgan fingerprint density at radius 3 is 2.29 bits per heavy atom. The Hall–Kier alpha value is -4.42. The Kier molecular flexibility index (Phi) is 7.52. The highest BCUT2D eigenvalue weighted by atomic mass is 32.2. The molecule has 5 aromatic rings. The van der Waals surface area contributed by atoms with E-state index in [0.717, 1.165) is 22.4 Å². The number of nitrogens with one attached hydrogen (secondary N) is 1. The lowest BCUT2D eigenvalue weighted by Gasteiger charge is -2.05. The fraction of sp³-hybridized carbons (Fsp3) is 0.192. The van der Waals surface area contributed by atoms with Gasteiger partial charge in [0.2, 0.25) is 21.6 Å². The zero-order chi connectivity index (χ0) is 26.4. The predicted molar refractivity (Wildman–Crippen MR) is 137 cm³/mol. The first-order valence-electron chi connectivity index (χ1n) is 11.7. The van der Waals surface area contributed by atoms with Gasteiger partial charge in [-0.05, 0) is 48.9 Å². The standard InChI is InChI=1S/C26H24N6O5S/c1-18-5-9-20(10-6-18)24-30-32-26(37-24)38(33,34)15-14-35-17-19-7-11-21(12-8-19)23-29-31-25(36-23)28-16-22-4-2-3-13-27-22/h2-13H,14-17H2,1H3,(H,28,31). The van der Waals surface area contributed by atoms with Gasteiger partial charge in [0.05, 0.1) is 31.2 Å². The molecule has 0 aliphatic rings. The second-order valence-electron chi connectivity index (χ2n) is 8.39. The van der Waals surface area contributed by atoms with Gasteiger partial charge in [0, 0.05) is 17.3 Å². The van der Waals surface area contributed by atoms with Crippen molar-refractivity contribution < 1.29 is 22.0 Å². The van der Waals surface area contributed by atoms with E-state index in [1.807, 2.05) is 61.5 Å². The van der Waals surface area contributed by atoms with E-state index in [1.54, 1.807) is 18.3 Å². The van der Waals surface area contributed by atoms with E-state index in [4.69, 9.17) is 13.6 Å². The monoisotopic (exact) mass is 532 g/mol. The molecule has 11 nitrogen and oxygen atoms in total. The van der Waals surface area contributed by atoms with Gasteiger partial charge in [-0.25, -0.2) is 8.42 Å². The van der Waals surface area contributed by atoms with E-state index >= 15 is 0 Å². The quantitative estimate of drug-likeness (QED) is 0.245. The first-order valence-corrected chi connectivity index (χ1v) is 13.4. The van der Waals surface area contributed by atoms with Crippen LogP contribution in [-0.4, -0.2) is 46.2 Å². The first kappa shape index (κ1) is 25.2. The average Bonchev–Trinajstić information content (AvgIpc) is 3.63. The average molecular weight is 533 g/mol. The summed E-state index contributed by atoms with van der Waals surface area (Å²) in [6.07, 6.45) is 1.72. The Balaban J connectivity index is 1.10. The van der Waals surface area contributed by atoms with Crippen LogP contribution in [0.1, 0.15) is 16.8 Å². The molecule has 5 rings (SSSR count). The number of ether oxygens (including phenoxy) is 1. The van der Waals surface area contributed by atoms with E-state index in [2.05, 4.69) is 30.7 Å². The highest BCUT2D eigenvalue weighted by Crippen LogP contribution is 2.22. The molecule has 0 amide bonds. The summed E-state index contributed by atoms with van der Waals surface area (Å²) in [5.74, 6) is 0.246. The number of sulfone groups is 1. The third-order valence-corrected chi connectivity index (χ3v) is 6.91. The molecule has 0 atom stereocenters. The van der Waals surface area contributed by atoms with Gasteiger partial charge in [-0.15, -0.1) is 10.2 Å². The van der Waals surface area contributed by atoms with Crippen molar-refractivity contribution in [1.82, 2.24) is 25.4 Å². The molecule has 38 heavy (non-hydrogen) atoms. The number of hydrogen-bond donors (Lipinski definition) is 1. The molecule has 0 radical (unpaired) electrons. The van der Waals surface area contributed by atoms with Crippen LogP contribution in [0.5, 0.6) is 0 Å². The second kappa shape index (κ2) is 11.3. The Bertz CT molecular complexity index is 1580. The number of aryl methyl sites for hydroxylation is 1. The number of benzene rings is 2. The maximum absolute atomic E-state index is 12.6. The largest absolute Gasteiger partial charge is 0.408 e. The lowest BCUT2D eigenvalue weighted by Crippen LogP contribution is -2.13. The molecule has 2 aromatic carbocycles. The third kappa shape index (κ3) is 6.28. The molecule has 0 aliphatic heterocycles. The third-order valence-electron chi connectivity index (χ3n) is 5.51. The molecule has 0 aliphatic carbocycles. The van der Waals surface area contributed by atoms with Crippen LogP contribution in [0.2, 0.25) is 0 Å². The van der Waals surface area contributed by atoms with Crippen LogP contribution < -0.4 is 5.32 Å². The summed E-state index contributed by atoms with van der Waals surface area (Å²) < 4.78 is 41.8. The summed E-state index contributed by atoms with van der Waals surface area (Å²) in [4.78, 5) is 4.23. The first-order chi connectivity index (χ1) is 18.5. The summed E-state index contributed by atoms with van der Waals surface area (Å²) in [5.41, 5.74) is 4.19. The van der Waals surface area contributed by atoms with Crippen LogP contribution >= 0.6 is 0 Å². The molecule has 0 unspecified atom stereocenters. The highest BCUT2D eigenvalue weighted by molar-refractivity contribution is 7.91. The molecule has 1 N–H and O–H groups in total. The maximum atomic E-state index is 12.6. The molecular formula is C26H24N6O5S. The summed E-state index contributed by atoms with van der Waals surface area (Å²) >= 11 is 0. The Labute approximate surface area is 218 Å². The van der Waals surface area contributed by atoms with Crippen molar-refractivity contribution in [1.29, 1.82) is 0 Å². The maximum Gasteiger partial charge on any atom is 0.335 e. The van der Waals surface area contributed by atoms with Crippen molar-refractivity contribution in [2.24, 2.45) is 0 Å². The number of anilines is 1. The normalized spacial score (nSPS) is 11.5. The Morgan fingerprint density at radius 1 is 0.842 bits per heavy atom. The molecule has 3 aromatic heterocycles. The number of hydrogen-bond acceptors (Lipinski definition) is 11. The summed E-state index contributed by atoms with van der Waals surface area (Å²) in [6.45, 7) is 2.63. The van der Waals surface area contributed by atoms with E-state index in [9.17, 15) is 8.42 Å². The van der Waals surface area contributed by atoms with Crippen molar-refractivity contribution >= 4 is 15.9 Å². The van der Waals surface area contributed by atoms with Crippen molar-refractivity contribution in [3.05, 3.63) is 89.7 Å². The minimum absolute atomic E-state index is 0.0265. The SMILES string of the molecule is Cc1ccc(-c2nnc(S(=O)(=O)CCOCc3ccc(-c4nnc(NCc5ccccn5)o4)cc3)o2)cc1. The van der Waals surface area contributed by atoms with E-state index in [0.29, 0.717) is 24.0 Å². The molecule has 12 heteroatoms. The summed E-state index contributed by atoms with van der Waals surface area (Å²) in [6, 6.07) is 20.7. The zero-order valence-electron chi connectivity index (χ0n) is 20.4. The van der Waals surface area contributed by atoms with Gasteiger partial charge in [0.15, 0.2) is 0 Å². The highest BCUT2D eigenvalue weighted by Gasteiger charge is 2.23. The molecule has 0 bridgehead atoms. The van der Waals surface area contributed by atoms with Gasteiger partial charge < -0.3 is 18.9 Å². The molecule has 0 fully saturated rings. The van der Waals surface area contributed by atoms with Crippen molar-refractivity contribution in [2.45, 2.75) is 25.3 Å². The predicted octanol–water partition coefficient (Wildman–Crippen LogP) is 4.09. The number of aromatic nitrogens is 5. The van der Waals surface area contributed by atoms with E-state index in [1.165, 1.54) is 0 Å². The lowest BCUT2D eigenvalue weighted by molar-refractivity contribution is 0.135. The molecular weight excluding hydrogens is 508 g/mol. The van der Waals surface area contributed by atoms with Crippen molar-refractivity contribution in [3.63, 3.8) is 0 Å². The number of pyridine rings is 1. The fourth-order valence-corrected chi connectivity index (χ4v) is 4.30. The van der Waals surface area contributed by atoms with Gasteiger partial charge in [-0.2, -0.15) is 0 Å². The Morgan fingerprint density at radius 2 is 1.55 bits per heavy atom. The summed E-state index contributed by atoms with van der Waals surface area (Å²) in [5, 5.41) is 18.3. The number of nitrogens with zero attached hydrogens (tertiary/aromatic N) is 5. The number of rotatable bonds is 11. The van der Waals surface area contributed by atoms with Crippen LogP contribution in [-0.2, 0) is 27.7 Å². The van der Waals surface area contributed by atoms with Crippen molar-refractivity contribution in [3.8, 4) is 22.9 Å². The minimum atomic E-state index is -3.78. The second-order valence-corrected chi connectivity index (χ2v) is 10.4. The van der Waals surface area contributed by atoms with Gasteiger partial charge in [0.1, 0.15) is 0 Å². The molecule has 194 valence electrons.